The zero-order chi connectivity index (χ0) is 7.45. The van der Waals surface area contributed by atoms with Gasteiger partial charge in [-0.15, -0.1) is 0 Å². The molecule has 0 atom stereocenters. The first kappa shape index (κ1) is 8.02. The minimum absolute atomic E-state index is 0.785. The number of rotatable bonds is 0. The Morgan fingerprint density at radius 1 is 0.900 bits per heavy atom. The Morgan fingerprint density at radius 2 is 1.30 bits per heavy atom. The van der Waals surface area contributed by atoms with Crippen LogP contribution in [0.15, 0.2) is 0 Å². The maximum Gasteiger partial charge on any atom is 0.113 e. The van der Waals surface area contributed by atoms with Gasteiger partial charge in [0.2, 0.25) is 0 Å². The maximum absolute atomic E-state index is 9.46. The molecule has 0 unspecified atom stereocenters. The number of hydrogen-bond acceptors (Lipinski definition) is 2. The summed E-state index contributed by atoms with van der Waals surface area (Å²) < 4.78 is 0. The summed E-state index contributed by atoms with van der Waals surface area (Å²) in [6.07, 6.45) is 7.54. The fourth-order valence-corrected chi connectivity index (χ4v) is 1.52. The average molecular weight is 143 g/mol. The number of aliphatic hydroxyl groups is 1. The molecule has 0 aromatic carbocycles. The Bertz CT molecular complexity index is 91.4. The van der Waals surface area contributed by atoms with Crippen molar-refractivity contribution in [3.63, 3.8) is 0 Å². The first-order chi connectivity index (χ1) is 4.71. The summed E-state index contributed by atoms with van der Waals surface area (Å²) in [5.74, 6) is 0. The second kappa shape index (κ2) is 3.35. The first-order valence-electron chi connectivity index (χ1n) is 4.22. The van der Waals surface area contributed by atoms with Crippen LogP contribution in [0.2, 0.25) is 0 Å². The molecular formula is C8H17NO. The summed E-state index contributed by atoms with van der Waals surface area (Å²) in [5.41, 5.74) is 4.76. The fourth-order valence-electron chi connectivity index (χ4n) is 1.52. The van der Waals surface area contributed by atoms with Crippen molar-refractivity contribution in [3.05, 3.63) is 0 Å². The van der Waals surface area contributed by atoms with Crippen molar-refractivity contribution in [2.45, 2.75) is 50.7 Å². The van der Waals surface area contributed by atoms with E-state index in [2.05, 4.69) is 0 Å². The van der Waals surface area contributed by atoms with E-state index in [-0.39, 0.29) is 0 Å². The molecule has 10 heavy (non-hydrogen) atoms. The molecule has 0 aromatic heterocycles. The molecule has 2 heteroatoms. The average Bonchev–Trinajstić information content (AvgIpc) is 1.81. The highest BCUT2D eigenvalue weighted by molar-refractivity contribution is 4.72. The summed E-state index contributed by atoms with van der Waals surface area (Å²) in [7, 11) is 0. The lowest BCUT2D eigenvalue weighted by Gasteiger charge is -2.24. The Kier molecular flexibility index (Phi) is 2.69. The van der Waals surface area contributed by atoms with Crippen LogP contribution in [-0.2, 0) is 0 Å². The monoisotopic (exact) mass is 143 g/mol. The van der Waals surface area contributed by atoms with Crippen LogP contribution in [0.5, 0.6) is 0 Å². The molecule has 0 amide bonds. The number of hydrogen-bond donors (Lipinski definition) is 2. The molecule has 60 valence electrons. The van der Waals surface area contributed by atoms with E-state index < -0.39 is 5.72 Å². The summed E-state index contributed by atoms with van der Waals surface area (Å²) in [5, 5.41) is 9.46. The Morgan fingerprint density at radius 3 is 1.80 bits per heavy atom. The quantitative estimate of drug-likeness (QED) is 0.503. The fraction of sp³-hybridized carbons (Fsp3) is 1.00. The van der Waals surface area contributed by atoms with E-state index in [1.54, 1.807) is 0 Å². The maximum atomic E-state index is 9.46. The standard InChI is InChI=1S/C8H17NO/c9-8(10)6-4-2-1-3-5-7-8/h10H,1-7,9H2. The Hall–Kier alpha value is -0.0800. The van der Waals surface area contributed by atoms with Gasteiger partial charge in [0.05, 0.1) is 0 Å². The van der Waals surface area contributed by atoms with Gasteiger partial charge in [0.15, 0.2) is 0 Å². The molecule has 0 bridgehead atoms. The highest BCUT2D eigenvalue weighted by Gasteiger charge is 2.20. The molecule has 0 spiro atoms. The van der Waals surface area contributed by atoms with Gasteiger partial charge in [0.25, 0.3) is 0 Å². The van der Waals surface area contributed by atoms with Crippen molar-refractivity contribution in [2.24, 2.45) is 5.73 Å². The van der Waals surface area contributed by atoms with Crippen LogP contribution < -0.4 is 5.73 Å². The Balaban J connectivity index is 2.30. The van der Waals surface area contributed by atoms with Gasteiger partial charge in [-0.2, -0.15) is 0 Å². The van der Waals surface area contributed by atoms with Crippen LogP contribution in [0.4, 0.5) is 0 Å². The topological polar surface area (TPSA) is 46.2 Å². The van der Waals surface area contributed by atoms with Crippen LogP contribution in [-0.4, -0.2) is 10.8 Å². The van der Waals surface area contributed by atoms with Gasteiger partial charge in [-0.25, -0.2) is 0 Å². The lowest BCUT2D eigenvalue weighted by atomic mass is 9.94. The van der Waals surface area contributed by atoms with Crippen molar-refractivity contribution >= 4 is 0 Å². The van der Waals surface area contributed by atoms with E-state index in [0.29, 0.717) is 0 Å². The zero-order valence-electron chi connectivity index (χ0n) is 6.47. The molecule has 0 radical (unpaired) electrons. The van der Waals surface area contributed by atoms with Crippen LogP contribution in [0.3, 0.4) is 0 Å². The predicted molar refractivity (Wildman–Crippen MR) is 41.5 cm³/mol. The van der Waals surface area contributed by atoms with Gasteiger partial charge in [-0.05, 0) is 25.7 Å². The second-order valence-corrected chi connectivity index (χ2v) is 3.37. The molecule has 0 aliphatic heterocycles. The van der Waals surface area contributed by atoms with Crippen molar-refractivity contribution in [2.75, 3.05) is 0 Å². The van der Waals surface area contributed by atoms with Crippen LogP contribution in [0.1, 0.15) is 44.9 Å². The van der Waals surface area contributed by atoms with E-state index in [4.69, 9.17) is 5.73 Å². The minimum atomic E-state index is -0.847. The summed E-state index contributed by atoms with van der Waals surface area (Å²) >= 11 is 0. The smallest absolute Gasteiger partial charge is 0.113 e. The van der Waals surface area contributed by atoms with Gasteiger partial charge in [0.1, 0.15) is 5.72 Å². The lowest BCUT2D eigenvalue weighted by Crippen LogP contribution is -2.39. The summed E-state index contributed by atoms with van der Waals surface area (Å²) in [4.78, 5) is 0. The van der Waals surface area contributed by atoms with Crippen molar-refractivity contribution in [1.82, 2.24) is 0 Å². The van der Waals surface area contributed by atoms with Crippen LogP contribution >= 0.6 is 0 Å². The first-order valence-corrected chi connectivity index (χ1v) is 4.22. The molecule has 1 fully saturated rings. The third-order valence-corrected chi connectivity index (χ3v) is 2.22. The van der Waals surface area contributed by atoms with Gasteiger partial charge < -0.3 is 10.8 Å². The van der Waals surface area contributed by atoms with E-state index >= 15 is 0 Å². The van der Waals surface area contributed by atoms with Gasteiger partial charge in [-0.1, -0.05) is 19.3 Å². The largest absolute Gasteiger partial charge is 0.376 e. The second-order valence-electron chi connectivity index (χ2n) is 3.37. The lowest BCUT2D eigenvalue weighted by molar-refractivity contribution is 0.0204. The molecule has 2 nitrogen and oxygen atoms in total. The molecule has 1 saturated carbocycles. The molecular weight excluding hydrogens is 126 g/mol. The highest BCUT2D eigenvalue weighted by Crippen LogP contribution is 2.21. The third-order valence-electron chi connectivity index (χ3n) is 2.22. The van der Waals surface area contributed by atoms with Crippen LogP contribution in [0, 0.1) is 0 Å². The van der Waals surface area contributed by atoms with Crippen molar-refractivity contribution < 1.29 is 5.11 Å². The summed E-state index contributed by atoms with van der Waals surface area (Å²) in [6, 6.07) is 0. The molecule has 1 aliphatic rings. The highest BCUT2D eigenvalue weighted by atomic mass is 16.3. The molecule has 3 N–H and O–H groups in total. The number of nitrogens with two attached hydrogens (primary N) is 1. The van der Waals surface area contributed by atoms with Gasteiger partial charge in [0, 0.05) is 0 Å². The minimum Gasteiger partial charge on any atom is -0.376 e. The normalized spacial score (nSPS) is 27.0. The Labute approximate surface area is 62.4 Å². The molecule has 1 aliphatic carbocycles. The molecule has 0 saturated heterocycles. The van der Waals surface area contributed by atoms with E-state index in [0.717, 1.165) is 25.7 Å². The molecule has 0 aromatic rings. The van der Waals surface area contributed by atoms with E-state index in [9.17, 15) is 5.11 Å². The summed E-state index contributed by atoms with van der Waals surface area (Å²) in [6.45, 7) is 0. The van der Waals surface area contributed by atoms with Crippen molar-refractivity contribution in [1.29, 1.82) is 0 Å². The van der Waals surface area contributed by atoms with Crippen molar-refractivity contribution in [3.8, 4) is 0 Å². The zero-order valence-corrected chi connectivity index (χ0v) is 6.47. The van der Waals surface area contributed by atoms with Gasteiger partial charge >= 0.3 is 0 Å². The molecule has 1 rings (SSSR count). The predicted octanol–water partition coefficient (Wildman–Crippen LogP) is 1.38. The van der Waals surface area contributed by atoms with E-state index in [1.165, 1.54) is 19.3 Å². The third kappa shape index (κ3) is 2.67. The SMILES string of the molecule is NC1(O)CCCCCCC1. The molecule has 0 heterocycles. The van der Waals surface area contributed by atoms with Crippen LogP contribution in [0.25, 0.3) is 0 Å². The van der Waals surface area contributed by atoms with Gasteiger partial charge in [-0.3, -0.25) is 0 Å². The van der Waals surface area contributed by atoms with E-state index in [1.807, 2.05) is 0 Å².